The van der Waals surface area contributed by atoms with E-state index in [-0.39, 0.29) is 0 Å². The highest BCUT2D eigenvalue weighted by molar-refractivity contribution is 5.62. The lowest BCUT2D eigenvalue weighted by Crippen LogP contribution is -2.28. The molecule has 0 saturated heterocycles. The molecule has 1 aromatic carbocycles. The molecule has 0 fully saturated rings. The van der Waals surface area contributed by atoms with E-state index in [1.807, 2.05) is 27.7 Å². The van der Waals surface area contributed by atoms with Crippen molar-refractivity contribution >= 4 is 18.2 Å². The first-order valence-corrected chi connectivity index (χ1v) is 9.78. The predicted molar refractivity (Wildman–Crippen MR) is 112 cm³/mol. The average molecular weight is 334 g/mol. The van der Waals surface area contributed by atoms with Gasteiger partial charge in [-0.3, -0.25) is 0 Å². The fourth-order valence-corrected chi connectivity index (χ4v) is 3.37. The summed E-state index contributed by atoms with van der Waals surface area (Å²) < 4.78 is 2.45. The minimum atomic E-state index is 0.992. The molecule has 2 aromatic rings. The summed E-state index contributed by atoms with van der Waals surface area (Å²) in [5, 5.41) is 2.80. The summed E-state index contributed by atoms with van der Waals surface area (Å²) in [6.45, 7) is 8.00. The fourth-order valence-electron chi connectivity index (χ4n) is 3.37. The molecule has 2 aliphatic rings. The van der Waals surface area contributed by atoms with Crippen LogP contribution in [0.15, 0.2) is 48.6 Å². The van der Waals surface area contributed by atoms with Crippen LogP contribution in [-0.4, -0.2) is 4.57 Å². The second kappa shape index (κ2) is 9.88. The summed E-state index contributed by atoms with van der Waals surface area (Å²) in [5.41, 5.74) is 4.08. The van der Waals surface area contributed by atoms with Gasteiger partial charge in [0.1, 0.15) is 0 Å². The number of hydrogen-bond acceptors (Lipinski definition) is 0. The van der Waals surface area contributed by atoms with Gasteiger partial charge < -0.3 is 4.57 Å². The Morgan fingerprint density at radius 2 is 1.56 bits per heavy atom. The Morgan fingerprint density at radius 3 is 2.32 bits per heavy atom. The number of aromatic nitrogens is 1. The van der Waals surface area contributed by atoms with Crippen LogP contribution in [0, 0.1) is 0 Å². The normalized spacial score (nSPS) is 14.1. The number of fused-ring (bicyclic) bond motifs is 3. The number of rotatable bonds is 1. The van der Waals surface area contributed by atoms with Crippen LogP contribution in [0.1, 0.15) is 58.2 Å². The molecule has 1 heteroatoms. The first-order chi connectivity index (χ1) is 12.4. The quantitative estimate of drug-likeness (QED) is 0.658. The van der Waals surface area contributed by atoms with Gasteiger partial charge in [-0.2, -0.15) is 0 Å². The Labute approximate surface area is 152 Å². The molecule has 0 amide bonds. The van der Waals surface area contributed by atoms with Crippen molar-refractivity contribution < 1.29 is 0 Å². The van der Waals surface area contributed by atoms with Gasteiger partial charge in [0.25, 0.3) is 0 Å². The lowest BCUT2D eigenvalue weighted by molar-refractivity contribution is 0.908. The van der Waals surface area contributed by atoms with Gasteiger partial charge in [-0.25, -0.2) is 0 Å². The summed E-state index contributed by atoms with van der Waals surface area (Å²) in [4.78, 5) is 0. The van der Waals surface area contributed by atoms with E-state index < -0.39 is 0 Å². The zero-order valence-corrected chi connectivity index (χ0v) is 16.1. The monoisotopic (exact) mass is 333 g/mol. The van der Waals surface area contributed by atoms with Gasteiger partial charge in [0.15, 0.2) is 0 Å². The van der Waals surface area contributed by atoms with Crippen LogP contribution in [0.2, 0.25) is 0 Å². The van der Waals surface area contributed by atoms with Crippen LogP contribution in [-0.2, 0) is 6.42 Å². The van der Waals surface area contributed by atoms with Crippen LogP contribution < -0.4 is 10.6 Å². The van der Waals surface area contributed by atoms with Crippen molar-refractivity contribution in [2.24, 2.45) is 0 Å². The van der Waals surface area contributed by atoms with Gasteiger partial charge in [-0.05, 0) is 31.4 Å². The van der Waals surface area contributed by atoms with Crippen molar-refractivity contribution in [3.63, 3.8) is 0 Å². The number of para-hydroxylation sites is 1. The average Bonchev–Trinajstić information content (AvgIpc) is 2.92. The molecule has 0 saturated carbocycles. The molecule has 0 atom stereocenters. The SMILES string of the molecule is C1=CCc2c(c3c(n2-c2ccccc2)=CCCCC=3)C=C1.CC.CC. The maximum Gasteiger partial charge on any atom is 0.0494 e. The molecule has 1 nitrogen and oxygen atoms in total. The molecule has 0 spiro atoms. The second-order valence-electron chi connectivity index (χ2n) is 5.66. The summed E-state index contributed by atoms with van der Waals surface area (Å²) >= 11 is 0. The molecular formula is C24H31N. The number of benzene rings is 1. The maximum atomic E-state index is 2.45. The van der Waals surface area contributed by atoms with Crippen molar-refractivity contribution in [1.82, 2.24) is 4.57 Å². The van der Waals surface area contributed by atoms with Crippen LogP contribution >= 0.6 is 0 Å². The van der Waals surface area contributed by atoms with Crippen molar-refractivity contribution in [2.75, 3.05) is 0 Å². The zero-order valence-electron chi connectivity index (χ0n) is 16.1. The highest BCUT2D eigenvalue weighted by Gasteiger charge is 2.15. The third kappa shape index (κ3) is 4.04. The summed E-state index contributed by atoms with van der Waals surface area (Å²) in [5.74, 6) is 0. The molecule has 1 aromatic heterocycles. The molecule has 2 aliphatic carbocycles. The second-order valence-corrected chi connectivity index (χ2v) is 5.66. The van der Waals surface area contributed by atoms with Gasteiger partial charge in [0, 0.05) is 33.9 Å². The van der Waals surface area contributed by atoms with Crippen molar-refractivity contribution in [3.8, 4) is 5.69 Å². The number of nitrogens with zero attached hydrogens (tertiary/aromatic N) is 1. The van der Waals surface area contributed by atoms with Gasteiger partial charge in [0.2, 0.25) is 0 Å². The van der Waals surface area contributed by atoms with E-state index in [4.69, 9.17) is 0 Å². The maximum absolute atomic E-state index is 2.45. The minimum Gasteiger partial charge on any atom is -0.313 e. The van der Waals surface area contributed by atoms with Gasteiger partial charge in [-0.15, -0.1) is 0 Å². The highest BCUT2D eigenvalue weighted by atomic mass is 15.0. The summed E-state index contributed by atoms with van der Waals surface area (Å²) in [7, 11) is 0. The predicted octanol–water partition coefficient (Wildman–Crippen LogP) is 5.40. The summed E-state index contributed by atoms with van der Waals surface area (Å²) in [6, 6.07) is 10.7. The third-order valence-electron chi connectivity index (χ3n) is 4.32. The molecular weight excluding hydrogens is 302 g/mol. The standard InChI is InChI=1S/C20H19N.2C2H6/c1-4-10-16(11-5-1)21-19-14-8-2-6-12-17(19)18-13-7-3-9-15-20(18)21;2*1-2/h1-2,4-6,8,10-13,15H,3,7,9,14H2;2*1-2H3. The summed E-state index contributed by atoms with van der Waals surface area (Å²) in [6.07, 6.45) is 18.3. The van der Waals surface area contributed by atoms with Crippen LogP contribution in [0.25, 0.3) is 23.9 Å². The Balaban J connectivity index is 0.000000528. The molecule has 4 rings (SSSR count). The fraction of sp³-hybridized carbons (Fsp3) is 0.333. The Hall–Kier alpha value is -2.28. The van der Waals surface area contributed by atoms with E-state index in [1.165, 1.54) is 46.8 Å². The minimum absolute atomic E-state index is 0.992. The van der Waals surface area contributed by atoms with Crippen LogP contribution in [0.3, 0.4) is 0 Å². The van der Waals surface area contributed by atoms with E-state index in [0.29, 0.717) is 0 Å². The smallest absolute Gasteiger partial charge is 0.0494 e. The molecule has 1 heterocycles. The van der Waals surface area contributed by atoms with Gasteiger partial charge in [0.05, 0.1) is 0 Å². The highest BCUT2D eigenvalue weighted by Crippen LogP contribution is 2.17. The Morgan fingerprint density at radius 1 is 0.840 bits per heavy atom. The lowest BCUT2D eigenvalue weighted by atomic mass is 10.1. The molecule has 0 bridgehead atoms. The molecule has 132 valence electrons. The zero-order chi connectivity index (χ0) is 18.1. The lowest BCUT2D eigenvalue weighted by Gasteiger charge is -2.09. The largest absolute Gasteiger partial charge is 0.313 e. The van der Waals surface area contributed by atoms with E-state index in [9.17, 15) is 0 Å². The van der Waals surface area contributed by atoms with Gasteiger partial charge >= 0.3 is 0 Å². The number of allylic oxidation sites excluding steroid dienone is 3. The Kier molecular flexibility index (Phi) is 7.53. The van der Waals surface area contributed by atoms with E-state index in [1.54, 1.807) is 0 Å². The van der Waals surface area contributed by atoms with E-state index >= 15 is 0 Å². The van der Waals surface area contributed by atoms with Crippen molar-refractivity contribution in [3.05, 3.63) is 70.4 Å². The topological polar surface area (TPSA) is 4.93 Å². The van der Waals surface area contributed by atoms with Crippen LogP contribution in [0.4, 0.5) is 0 Å². The molecule has 0 radical (unpaired) electrons. The molecule has 0 N–H and O–H groups in total. The van der Waals surface area contributed by atoms with Gasteiger partial charge in [-0.1, -0.05) is 82.4 Å². The van der Waals surface area contributed by atoms with E-state index in [0.717, 1.165) is 6.42 Å². The molecule has 0 unspecified atom stereocenters. The number of hydrogen-bond donors (Lipinski definition) is 0. The molecule has 0 aliphatic heterocycles. The first kappa shape index (κ1) is 19.1. The van der Waals surface area contributed by atoms with Crippen LogP contribution in [0.5, 0.6) is 0 Å². The molecule has 25 heavy (non-hydrogen) atoms. The first-order valence-electron chi connectivity index (χ1n) is 9.78. The van der Waals surface area contributed by atoms with E-state index in [2.05, 4.69) is 71.4 Å². The third-order valence-corrected chi connectivity index (χ3v) is 4.32. The Bertz CT molecular complexity index is 832. The van der Waals surface area contributed by atoms with Crippen molar-refractivity contribution in [1.29, 1.82) is 0 Å². The van der Waals surface area contributed by atoms with Crippen molar-refractivity contribution in [2.45, 2.75) is 53.4 Å².